The molecule has 31 heavy (non-hydrogen) atoms. The van der Waals surface area contributed by atoms with Crippen LogP contribution in [0.3, 0.4) is 0 Å². The molecule has 0 saturated carbocycles. The van der Waals surface area contributed by atoms with Crippen molar-refractivity contribution in [2.24, 2.45) is 0 Å². The lowest BCUT2D eigenvalue weighted by Gasteiger charge is -2.26. The van der Waals surface area contributed by atoms with E-state index < -0.39 is 0 Å². The minimum atomic E-state index is -0.227. The molecule has 10 nitrogen and oxygen atoms in total. The largest absolute Gasteiger partial charge is 0.342 e. The number of hydrogen-bond donors (Lipinski definition) is 1. The van der Waals surface area contributed by atoms with Crippen LogP contribution in [0.5, 0.6) is 0 Å². The van der Waals surface area contributed by atoms with Crippen LogP contribution in [0.4, 0.5) is 5.13 Å². The van der Waals surface area contributed by atoms with Crippen molar-refractivity contribution in [3.05, 3.63) is 30.3 Å². The Balaban J connectivity index is 1.21. The molecule has 1 fully saturated rings. The Morgan fingerprint density at radius 1 is 1.19 bits per heavy atom. The number of anilines is 1. The summed E-state index contributed by atoms with van der Waals surface area (Å²) in [6.07, 6.45) is 5.44. The van der Waals surface area contributed by atoms with Crippen LogP contribution in [-0.2, 0) is 16.0 Å². The fourth-order valence-corrected chi connectivity index (χ4v) is 4.71. The standard InChI is InChI=1S/C19H21N7O3S2/c27-14(7-8-15-22-17(25-29-15)13-6-2-3-9-20-13)21-18-23-24-19(31-18)30-12-16(28)26-10-4-1-5-11-26/h2-3,6,9H,1,4-5,7-8,10-12H2,(H,21,23,27). The first-order chi connectivity index (χ1) is 15.2. The number of aryl methyl sites for hydroxylation is 1. The van der Waals surface area contributed by atoms with E-state index in [9.17, 15) is 9.59 Å². The third-order valence-electron chi connectivity index (χ3n) is 4.61. The molecule has 1 N–H and O–H groups in total. The van der Waals surface area contributed by atoms with Gasteiger partial charge in [0.1, 0.15) is 5.69 Å². The van der Waals surface area contributed by atoms with Gasteiger partial charge in [0.25, 0.3) is 0 Å². The molecule has 0 radical (unpaired) electrons. The third-order valence-corrected chi connectivity index (χ3v) is 6.57. The maximum Gasteiger partial charge on any atom is 0.233 e. The molecule has 0 spiro atoms. The molecule has 4 rings (SSSR count). The first-order valence-corrected chi connectivity index (χ1v) is 11.8. The molecule has 12 heteroatoms. The summed E-state index contributed by atoms with van der Waals surface area (Å²) in [5.74, 6) is 0.976. The lowest BCUT2D eigenvalue weighted by atomic mass is 10.1. The summed E-state index contributed by atoms with van der Waals surface area (Å²) in [5.41, 5.74) is 0.611. The SMILES string of the molecule is O=C(CCc1nc(-c2ccccn2)no1)Nc1nnc(SCC(=O)N2CCCCC2)s1. The van der Waals surface area contributed by atoms with Crippen molar-refractivity contribution >= 4 is 40.0 Å². The second kappa shape index (κ2) is 10.4. The van der Waals surface area contributed by atoms with Crippen LogP contribution in [0.2, 0.25) is 0 Å². The molecule has 0 bridgehead atoms. The van der Waals surface area contributed by atoms with Crippen LogP contribution < -0.4 is 5.32 Å². The maximum absolute atomic E-state index is 12.2. The molecule has 3 aromatic rings. The summed E-state index contributed by atoms with van der Waals surface area (Å²) in [5, 5.41) is 15.0. The average molecular weight is 460 g/mol. The first kappa shape index (κ1) is 21.4. The number of nitrogens with zero attached hydrogens (tertiary/aromatic N) is 6. The van der Waals surface area contributed by atoms with E-state index in [0.29, 0.717) is 39.1 Å². The van der Waals surface area contributed by atoms with E-state index in [4.69, 9.17) is 4.52 Å². The van der Waals surface area contributed by atoms with Gasteiger partial charge in [-0.05, 0) is 31.4 Å². The molecule has 1 saturated heterocycles. The third kappa shape index (κ3) is 6.07. The van der Waals surface area contributed by atoms with Crippen molar-refractivity contribution in [3.63, 3.8) is 0 Å². The number of rotatable bonds is 8. The van der Waals surface area contributed by atoms with E-state index in [1.54, 1.807) is 18.3 Å². The molecule has 0 aliphatic carbocycles. The molecule has 1 aliphatic rings. The van der Waals surface area contributed by atoms with Crippen LogP contribution >= 0.6 is 23.1 Å². The highest BCUT2D eigenvalue weighted by molar-refractivity contribution is 8.01. The van der Waals surface area contributed by atoms with Crippen LogP contribution in [0.25, 0.3) is 11.5 Å². The van der Waals surface area contributed by atoms with Gasteiger partial charge in [-0.25, -0.2) is 0 Å². The van der Waals surface area contributed by atoms with Gasteiger partial charge >= 0.3 is 0 Å². The molecular formula is C19H21N7O3S2. The van der Waals surface area contributed by atoms with Gasteiger partial charge in [0, 0.05) is 32.1 Å². The van der Waals surface area contributed by atoms with Gasteiger partial charge < -0.3 is 14.7 Å². The predicted octanol–water partition coefficient (Wildman–Crippen LogP) is 2.66. The number of carbonyl (C=O) groups is 2. The van der Waals surface area contributed by atoms with Crippen molar-refractivity contribution < 1.29 is 14.1 Å². The summed E-state index contributed by atoms with van der Waals surface area (Å²) in [4.78, 5) is 34.8. The predicted molar refractivity (Wildman–Crippen MR) is 116 cm³/mol. The number of pyridine rings is 1. The van der Waals surface area contributed by atoms with Crippen molar-refractivity contribution in [1.29, 1.82) is 0 Å². The number of carbonyl (C=O) groups excluding carboxylic acids is 2. The zero-order chi connectivity index (χ0) is 21.5. The maximum atomic E-state index is 12.2. The second-order valence-corrected chi connectivity index (χ2v) is 9.08. The van der Waals surface area contributed by atoms with Gasteiger partial charge in [0.05, 0.1) is 5.75 Å². The Morgan fingerprint density at radius 3 is 2.87 bits per heavy atom. The lowest BCUT2D eigenvalue weighted by Crippen LogP contribution is -2.36. The molecule has 162 valence electrons. The van der Waals surface area contributed by atoms with E-state index in [0.717, 1.165) is 25.9 Å². The Kier molecular flexibility index (Phi) is 7.20. The highest BCUT2D eigenvalue weighted by Crippen LogP contribution is 2.26. The summed E-state index contributed by atoms with van der Waals surface area (Å²) < 4.78 is 5.83. The van der Waals surface area contributed by atoms with Crippen LogP contribution in [-0.4, -0.2) is 60.9 Å². The van der Waals surface area contributed by atoms with E-state index in [-0.39, 0.29) is 18.2 Å². The average Bonchev–Trinajstić information content (AvgIpc) is 3.47. The number of hydrogen-bond acceptors (Lipinski definition) is 10. The molecule has 0 unspecified atom stereocenters. The van der Waals surface area contributed by atoms with Crippen molar-refractivity contribution in [1.82, 2.24) is 30.2 Å². The number of nitrogens with one attached hydrogen (secondary N) is 1. The summed E-state index contributed by atoms with van der Waals surface area (Å²) in [7, 11) is 0. The summed E-state index contributed by atoms with van der Waals surface area (Å²) in [6, 6.07) is 5.43. The Hall–Kier alpha value is -2.86. The molecule has 4 heterocycles. The van der Waals surface area contributed by atoms with Crippen LogP contribution in [0, 0.1) is 0 Å². The fourth-order valence-electron chi connectivity index (χ4n) is 3.03. The van der Waals surface area contributed by atoms with Crippen molar-refractivity contribution in [2.75, 3.05) is 24.2 Å². The minimum Gasteiger partial charge on any atom is -0.342 e. The zero-order valence-electron chi connectivity index (χ0n) is 16.7. The minimum absolute atomic E-state index is 0.120. The zero-order valence-corrected chi connectivity index (χ0v) is 18.3. The first-order valence-electron chi connectivity index (χ1n) is 9.95. The van der Waals surface area contributed by atoms with E-state index in [1.165, 1.54) is 29.5 Å². The lowest BCUT2D eigenvalue weighted by molar-refractivity contribution is -0.129. The Labute approximate surface area is 186 Å². The monoisotopic (exact) mass is 459 g/mol. The highest BCUT2D eigenvalue weighted by Gasteiger charge is 2.18. The number of amides is 2. The number of aromatic nitrogens is 5. The summed E-state index contributed by atoms with van der Waals surface area (Å²) >= 11 is 2.60. The number of likely N-dealkylation sites (tertiary alicyclic amines) is 1. The van der Waals surface area contributed by atoms with Crippen molar-refractivity contribution in [3.8, 4) is 11.5 Å². The summed E-state index contributed by atoms with van der Waals surface area (Å²) in [6.45, 7) is 1.67. The quantitative estimate of drug-likeness (QED) is 0.399. The second-order valence-electron chi connectivity index (χ2n) is 6.88. The molecule has 0 aromatic carbocycles. The van der Waals surface area contributed by atoms with Gasteiger partial charge in [-0.2, -0.15) is 4.98 Å². The van der Waals surface area contributed by atoms with Gasteiger partial charge in [-0.1, -0.05) is 34.3 Å². The molecule has 2 amide bonds. The Bertz CT molecular complexity index is 1020. The Morgan fingerprint density at radius 2 is 2.06 bits per heavy atom. The van der Waals surface area contributed by atoms with Crippen LogP contribution in [0.15, 0.2) is 33.3 Å². The van der Waals surface area contributed by atoms with Gasteiger partial charge in [0.2, 0.25) is 28.7 Å². The van der Waals surface area contributed by atoms with Gasteiger partial charge in [0.15, 0.2) is 4.34 Å². The topological polar surface area (TPSA) is 127 Å². The van der Waals surface area contributed by atoms with E-state index in [2.05, 4.69) is 30.6 Å². The number of piperidine rings is 1. The van der Waals surface area contributed by atoms with Crippen molar-refractivity contribution in [2.45, 2.75) is 36.4 Å². The number of thioether (sulfide) groups is 1. The normalized spacial score (nSPS) is 13.9. The van der Waals surface area contributed by atoms with Gasteiger partial charge in [-0.3, -0.25) is 14.6 Å². The van der Waals surface area contributed by atoms with Gasteiger partial charge in [-0.15, -0.1) is 10.2 Å². The van der Waals surface area contributed by atoms with E-state index in [1.807, 2.05) is 11.0 Å². The van der Waals surface area contributed by atoms with E-state index >= 15 is 0 Å². The molecule has 3 aromatic heterocycles. The molecular weight excluding hydrogens is 438 g/mol. The highest BCUT2D eigenvalue weighted by atomic mass is 32.2. The molecule has 0 atom stereocenters. The molecule has 1 aliphatic heterocycles. The smallest absolute Gasteiger partial charge is 0.233 e. The fraction of sp³-hybridized carbons (Fsp3) is 0.421. The van der Waals surface area contributed by atoms with Crippen LogP contribution in [0.1, 0.15) is 31.6 Å².